The average molecular weight is 349 g/mol. The first kappa shape index (κ1) is 18.1. The van der Waals surface area contributed by atoms with E-state index in [1.54, 1.807) is 0 Å². The van der Waals surface area contributed by atoms with Crippen molar-refractivity contribution >= 4 is 17.6 Å². The third kappa shape index (κ3) is 6.50. The average Bonchev–Trinajstić information content (AvgIpc) is 2.55. The van der Waals surface area contributed by atoms with E-state index in [2.05, 4.69) is 0 Å². The molecule has 0 aliphatic carbocycles. The van der Waals surface area contributed by atoms with Gasteiger partial charge in [0.1, 0.15) is 18.1 Å². The first-order chi connectivity index (χ1) is 11.5. The summed E-state index contributed by atoms with van der Waals surface area (Å²) in [6.07, 6.45) is 0.127. The third-order valence-corrected chi connectivity index (χ3v) is 3.34. The fourth-order valence-corrected chi connectivity index (χ4v) is 2.08. The first-order valence-electron chi connectivity index (χ1n) is 7.82. The normalized spacial score (nSPS) is 10.5. The molecule has 0 spiro atoms. The van der Waals surface area contributed by atoms with Crippen LogP contribution in [0.3, 0.4) is 0 Å². The van der Waals surface area contributed by atoms with Crippen LogP contribution in [-0.2, 0) is 16.1 Å². The lowest BCUT2D eigenvalue weighted by molar-refractivity contribution is -0.147. The molecule has 0 heterocycles. The Balaban J connectivity index is 1.74. The third-order valence-electron chi connectivity index (χ3n) is 3.08. The first-order valence-corrected chi connectivity index (χ1v) is 8.20. The molecule has 0 aromatic heterocycles. The van der Waals surface area contributed by atoms with Crippen LogP contribution in [0.25, 0.3) is 0 Å². The highest BCUT2D eigenvalue weighted by molar-refractivity contribution is 6.30. The van der Waals surface area contributed by atoms with E-state index in [4.69, 9.17) is 25.8 Å². The molecule has 0 aliphatic rings. The summed E-state index contributed by atoms with van der Waals surface area (Å²) in [6.45, 7) is 4.40. The van der Waals surface area contributed by atoms with Crippen molar-refractivity contribution in [1.29, 1.82) is 0 Å². The zero-order valence-electron chi connectivity index (χ0n) is 13.8. The van der Waals surface area contributed by atoms with Crippen molar-refractivity contribution in [3.05, 3.63) is 59.1 Å². The van der Waals surface area contributed by atoms with Crippen molar-refractivity contribution in [2.24, 2.45) is 0 Å². The molecule has 0 fully saturated rings. The Hall–Kier alpha value is -2.20. The lowest BCUT2D eigenvalue weighted by atomic mass is 10.2. The summed E-state index contributed by atoms with van der Waals surface area (Å²) >= 11 is 5.85. The summed E-state index contributed by atoms with van der Waals surface area (Å²) in [4.78, 5) is 11.4. The molecule has 0 N–H and O–H groups in total. The fourth-order valence-electron chi connectivity index (χ4n) is 1.95. The van der Waals surface area contributed by atoms with Crippen LogP contribution in [0, 0.1) is 0 Å². The Kier molecular flexibility index (Phi) is 6.94. The van der Waals surface area contributed by atoms with Crippen molar-refractivity contribution in [2.45, 2.75) is 33.0 Å². The molecule has 5 heteroatoms. The number of carbonyl (C=O) groups is 1. The Morgan fingerprint density at radius 3 is 2.12 bits per heavy atom. The fraction of sp³-hybridized carbons (Fsp3) is 0.316. The van der Waals surface area contributed by atoms with Crippen LogP contribution in [-0.4, -0.2) is 18.7 Å². The van der Waals surface area contributed by atoms with Crippen molar-refractivity contribution in [3.63, 3.8) is 0 Å². The maximum atomic E-state index is 11.4. The van der Waals surface area contributed by atoms with Crippen LogP contribution < -0.4 is 9.47 Å². The highest BCUT2D eigenvalue weighted by atomic mass is 35.5. The van der Waals surface area contributed by atoms with E-state index in [1.807, 2.05) is 62.4 Å². The Labute approximate surface area is 147 Å². The molecule has 0 saturated carbocycles. The van der Waals surface area contributed by atoms with Crippen LogP contribution in [0.4, 0.5) is 0 Å². The van der Waals surface area contributed by atoms with Gasteiger partial charge in [-0.15, -0.1) is 0 Å². The summed E-state index contributed by atoms with van der Waals surface area (Å²) in [7, 11) is 0. The molecule has 0 unspecified atom stereocenters. The number of halogens is 1. The molecule has 2 aromatic carbocycles. The van der Waals surface area contributed by atoms with Gasteiger partial charge in [-0.2, -0.15) is 0 Å². The van der Waals surface area contributed by atoms with E-state index in [0.29, 0.717) is 17.4 Å². The highest BCUT2D eigenvalue weighted by Crippen LogP contribution is 2.19. The van der Waals surface area contributed by atoms with Gasteiger partial charge >= 0.3 is 5.97 Å². The highest BCUT2D eigenvalue weighted by Gasteiger charge is 2.05. The van der Waals surface area contributed by atoms with Gasteiger partial charge in [0.15, 0.2) is 0 Å². The second-order valence-electron chi connectivity index (χ2n) is 5.52. The van der Waals surface area contributed by atoms with Gasteiger partial charge in [-0.1, -0.05) is 23.7 Å². The standard InChI is InChI=1S/C19H21ClO4/c1-14(2)24-19(21)11-12-22-17-7-9-18(10-8-17)23-13-15-3-5-16(20)6-4-15/h3-10,14H,11-13H2,1-2H3. The summed E-state index contributed by atoms with van der Waals surface area (Å²) in [5, 5.41) is 0.706. The van der Waals surface area contributed by atoms with E-state index in [-0.39, 0.29) is 25.1 Å². The maximum absolute atomic E-state index is 11.4. The number of esters is 1. The maximum Gasteiger partial charge on any atom is 0.309 e. The minimum Gasteiger partial charge on any atom is -0.493 e. The summed E-state index contributed by atoms with van der Waals surface area (Å²) in [5.74, 6) is 1.18. The smallest absolute Gasteiger partial charge is 0.309 e. The molecule has 4 nitrogen and oxygen atoms in total. The van der Waals surface area contributed by atoms with Gasteiger partial charge in [0.05, 0.1) is 19.1 Å². The Morgan fingerprint density at radius 1 is 0.958 bits per heavy atom. The van der Waals surface area contributed by atoms with Crippen LogP contribution in [0.2, 0.25) is 5.02 Å². The molecule has 0 bridgehead atoms. The molecular weight excluding hydrogens is 328 g/mol. The SMILES string of the molecule is CC(C)OC(=O)CCOc1ccc(OCc2ccc(Cl)cc2)cc1. The second kappa shape index (κ2) is 9.18. The van der Waals surface area contributed by atoms with Gasteiger partial charge in [-0.25, -0.2) is 0 Å². The molecule has 0 amide bonds. The molecule has 0 aliphatic heterocycles. The van der Waals surface area contributed by atoms with Crippen LogP contribution in [0.1, 0.15) is 25.8 Å². The van der Waals surface area contributed by atoms with E-state index in [9.17, 15) is 4.79 Å². The molecule has 0 radical (unpaired) electrons. The molecule has 0 saturated heterocycles. The molecule has 0 atom stereocenters. The number of ether oxygens (including phenoxy) is 3. The predicted octanol–water partition coefficient (Wildman–Crippen LogP) is 4.64. The van der Waals surface area contributed by atoms with Crippen molar-refractivity contribution in [2.75, 3.05) is 6.61 Å². The van der Waals surface area contributed by atoms with Crippen molar-refractivity contribution in [3.8, 4) is 11.5 Å². The van der Waals surface area contributed by atoms with Gasteiger partial charge < -0.3 is 14.2 Å². The largest absolute Gasteiger partial charge is 0.493 e. The minimum absolute atomic E-state index is 0.102. The quantitative estimate of drug-likeness (QED) is 0.652. The van der Waals surface area contributed by atoms with Gasteiger partial charge in [-0.05, 0) is 55.8 Å². The van der Waals surface area contributed by atoms with E-state index < -0.39 is 0 Å². The molecule has 2 rings (SSSR count). The Morgan fingerprint density at radius 2 is 1.54 bits per heavy atom. The Bertz CT molecular complexity index is 635. The zero-order chi connectivity index (χ0) is 17.4. The number of carbonyl (C=O) groups excluding carboxylic acids is 1. The summed E-state index contributed by atoms with van der Waals surface area (Å²) in [6, 6.07) is 14.8. The second-order valence-corrected chi connectivity index (χ2v) is 5.96. The zero-order valence-corrected chi connectivity index (χ0v) is 14.6. The topological polar surface area (TPSA) is 44.8 Å². The molecule has 2 aromatic rings. The number of benzene rings is 2. The lowest BCUT2D eigenvalue weighted by Crippen LogP contribution is -2.14. The number of hydrogen-bond donors (Lipinski definition) is 0. The molecule has 128 valence electrons. The predicted molar refractivity (Wildman–Crippen MR) is 93.6 cm³/mol. The molecule has 24 heavy (non-hydrogen) atoms. The van der Waals surface area contributed by atoms with Crippen molar-refractivity contribution < 1.29 is 19.0 Å². The van der Waals surface area contributed by atoms with Crippen molar-refractivity contribution in [1.82, 2.24) is 0 Å². The molecular formula is C19H21ClO4. The van der Waals surface area contributed by atoms with Crippen LogP contribution >= 0.6 is 11.6 Å². The summed E-state index contributed by atoms with van der Waals surface area (Å²) < 4.78 is 16.3. The van der Waals surface area contributed by atoms with Gasteiger partial charge in [-0.3, -0.25) is 4.79 Å². The van der Waals surface area contributed by atoms with Gasteiger partial charge in [0.2, 0.25) is 0 Å². The lowest BCUT2D eigenvalue weighted by Gasteiger charge is -2.10. The van der Waals surface area contributed by atoms with E-state index in [0.717, 1.165) is 11.3 Å². The van der Waals surface area contributed by atoms with Crippen LogP contribution in [0.5, 0.6) is 11.5 Å². The van der Waals surface area contributed by atoms with E-state index >= 15 is 0 Å². The summed E-state index contributed by atoms with van der Waals surface area (Å²) in [5.41, 5.74) is 1.04. The minimum atomic E-state index is -0.257. The van der Waals surface area contributed by atoms with E-state index in [1.165, 1.54) is 0 Å². The van der Waals surface area contributed by atoms with Gasteiger partial charge in [0.25, 0.3) is 0 Å². The van der Waals surface area contributed by atoms with Gasteiger partial charge in [0, 0.05) is 5.02 Å². The number of rotatable bonds is 8. The van der Waals surface area contributed by atoms with Crippen LogP contribution in [0.15, 0.2) is 48.5 Å². The monoisotopic (exact) mass is 348 g/mol. The number of hydrogen-bond acceptors (Lipinski definition) is 4.